The number of amides is 1. The summed E-state index contributed by atoms with van der Waals surface area (Å²) in [5.41, 5.74) is -1.16. The highest BCUT2D eigenvalue weighted by Gasteiger charge is 2.45. The zero-order valence-corrected chi connectivity index (χ0v) is 8.45. The van der Waals surface area contributed by atoms with Crippen LogP contribution >= 0.6 is 0 Å². The van der Waals surface area contributed by atoms with E-state index in [9.17, 15) is 9.59 Å². The van der Waals surface area contributed by atoms with Crippen molar-refractivity contribution in [3.05, 3.63) is 0 Å². The molecule has 1 unspecified atom stereocenters. The molecule has 5 heteroatoms. The van der Waals surface area contributed by atoms with Crippen LogP contribution in [-0.4, -0.2) is 47.7 Å². The van der Waals surface area contributed by atoms with Gasteiger partial charge in [0.25, 0.3) is 0 Å². The van der Waals surface area contributed by atoms with Crippen molar-refractivity contribution in [3.63, 3.8) is 0 Å². The molecule has 1 fully saturated rings. The zero-order chi connectivity index (χ0) is 10.8. The second-order valence-electron chi connectivity index (χ2n) is 3.57. The minimum absolute atomic E-state index is 0.0818. The van der Waals surface area contributed by atoms with E-state index in [2.05, 4.69) is 0 Å². The largest absolute Gasteiger partial charge is 0.479 e. The van der Waals surface area contributed by atoms with E-state index in [1.807, 2.05) is 0 Å². The molecule has 1 amide bonds. The minimum Gasteiger partial charge on any atom is -0.479 e. The van der Waals surface area contributed by atoms with Crippen molar-refractivity contribution in [1.29, 1.82) is 0 Å². The first kappa shape index (κ1) is 11.0. The summed E-state index contributed by atoms with van der Waals surface area (Å²) in [5.74, 6) is -1.24. The number of carboxylic acids is 1. The van der Waals surface area contributed by atoms with Crippen LogP contribution in [0.25, 0.3) is 0 Å². The van der Waals surface area contributed by atoms with E-state index in [0.717, 1.165) is 0 Å². The van der Waals surface area contributed by atoms with E-state index in [1.165, 1.54) is 18.9 Å². The Kier molecular flexibility index (Phi) is 3.10. The lowest BCUT2D eigenvalue weighted by Crippen LogP contribution is -2.59. The smallest absolute Gasteiger partial charge is 0.332 e. The average molecular weight is 201 g/mol. The second kappa shape index (κ2) is 3.96. The van der Waals surface area contributed by atoms with Crippen LogP contribution in [0.15, 0.2) is 0 Å². The van der Waals surface area contributed by atoms with Crippen LogP contribution in [0.4, 0.5) is 0 Å². The summed E-state index contributed by atoms with van der Waals surface area (Å²) in [6.45, 7) is 2.01. The first-order valence-electron chi connectivity index (χ1n) is 4.56. The van der Waals surface area contributed by atoms with Gasteiger partial charge in [0.1, 0.15) is 0 Å². The fourth-order valence-electron chi connectivity index (χ4n) is 1.66. The molecule has 0 aliphatic carbocycles. The normalized spacial score (nSPS) is 27.0. The quantitative estimate of drug-likeness (QED) is 0.688. The van der Waals surface area contributed by atoms with E-state index in [4.69, 9.17) is 9.84 Å². The van der Waals surface area contributed by atoms with Crippen molar-refractivity contribution >= 4 is 11.9 Å². The Morgan fingerprint density at radius 1 is 1.50 bits per heavy atom. The molecule has 0 saturated carbocycles. The number of nitrogens with zero attached hydrogens (tertiary/aromatic N) is 1. The molecule has 0 aromatic carbocycles. The van der Waals surface area contributed by atoms with E-state index in [-0.39, 0.29) is 12.5 Å². The average Bonchev–Trinajstić information content (AvgIpc) is 2.17. The molecule has 1 rings (SSSR count). The van der Waals surface area contributed by atoms with E-state index >= 15 is 0 Å². The number of carbonyl (C=O) groups is 2. The van der Waals surface area contributed by atoms with E-state index in [0.29, 0.717) is 19.4 Å². The summed E-state index contributed by atoms with van der Waals surface area (Å²) in [4.78, 5) is 23.6. The number of carboxylic acid groups (broad SMARTS) is 1. The number of likely N-dealkylation sites (N-methyl/N-ethyl adjacent to an activating group) is 1. The molecule has 0 aromatic rings. The molecule has 0 aromatic heterocycles. The molecule has 1 atom stereocenters. The second-order valence-corrected chi connectivity index (χ2v) is 3.57. The predicted octanol–water partition coefficient (Wildman–Crippen LogP) is 0.0985. The number of aliphatic carboxylic acids is 1. The van der Waals surface area contributed by atoms with Crippen molar-refractivity contribution < 1.29 is 19.4 Å². The number of carbonyl (C=O) groups excluding carboxylic acids is 1. The van der Waals surface area contributed by atoms with Gasteiger partial charge >= 0.3 is 5.97 Å². The summed E-state index contributed by atoms with van der Waals surface area (Å²) >= 11 is 0. The fourth-order valence-corrected chi connectivity index (χ4v) is 1.66. The van der Waals surface area contributed by atoms with Crippen LogP contribution in [0.5, 0.6) is 0 Å². The third-order valence-electron chi connectivity index (χ3n) is 2.73. The lowest BCUT2D eigenvalue weighted by Gasteiger charge is -2.40. The number of hydrogen-bond acceptors (Lipinski definition) is 3. The highest BCUT2D eigenvalue weighted by molar-refractivity contribution is 5.86. The van der Waals surface area contributed by atoms with Crippen LogP contribution in [0.1, 0.15) is 19.8 Å². The van der Waals surface area contributed by atoms with Gasteiger partial charge in [-0.15, -0.1) is 0 Å². The lowest BCUT2D eigenvalue weighted by molar-refractivity contribution is -0.166. The molecular weight excluding hydrogens is 186 g/mol. The SMILES string of the molecule is CC(=O)N(C)C1(C(=O)O)CCCOC1. The molecule has 1 aliphatic heterocycles. The molecule has 1 heterocycles. The first-order valence-corrected chi connectivity index (χ1v) is 4.56. The van der Waals surface area contributed by atoms with Crippen LogP contribution in [0.2, 0.25) is 0 Å². The van der Waals surface area contributed by atoms with Gasteiger partial charge in [0.2, 0.25) is 5.91 Å². The Bertz CT molecular complexity index is 245. The van der Waals surface area contributed by atoms with Crippen molar-refractivity contribution in [2.45, 2.75) is 25.3 Å². The molecule has 14 heavy (non-hydrogen) atoms. The van der Waals surface area contributed by atoms with Crippen LogP contribution < -0.4 is 0 Å². The lowest BCUT2D eigenvalue weighted by atomic mass is 9.91. The summed E-state index contributed by atoms with van der Waals surface area (Å²) in [6.07, 6.45) is 1.13. The summed E-state index contributed by atoms with van der Waals surface area (Å²) in [7, 11) is 1.51. The maximum Gasteiger partial charge on any atom is 0.332 e. The van der Waals surface area contributed by atoms with Gasteiger partial charge < -0.3 is 14.7 Å². The highest BCUT2D eigenvalue weighted by atomic mass is 16.5. The van der Waals surface area contributed by atoms with Gasteiger partial charge in [0, 0.05) is 20.6 Å². The van der Waals surface area contributed by atoms with E-state index in [1.54, 1.807) is 0 Å². The van der Waals surface area contributed by atoms with Crippen molar-refractivity contribution in [2.75, 3.05) is 20.3 Å². The highest BCUT2D eigenvalue weighted by Crippen LogP contribution is 2.25. The minimum atomic E-state index is -1.16. The molecule has 80 valence electrons. The van der Waals surface area contributed by atoms with Crippen LogP contribution in [0.3, 0.4) is 0 Å². The van der Waals surface area contributed by atoms with Gasteiger partial charge in [0.05, 0.1) is 6.61 Å². The Labute approximate surface area is 82.6 Å². The number of ether oxygens (including phenoxy) is 1. The number of hydrogen-bond donors (Lipinski definition) is 1. The van der Waals surface area contributed by atoms with Gasteiger partial charge in [-0.3, -0.25) is 4.79 Å². The Morgan fingerprint density at radius 2 is 2.14 bits per heavy atom. The zero-order valence-electron chi connectivity index (χ0n) is 8.45. The standard InChI is InChI=1S/C9H15NO4/c1-7(11)10(2)9(8(12)13)4-3-5-14-6-9/h3-6H2,1-2H3,(H,12,13). The maximum absolute atomic E-state index is 11.2. The molecule has 5 nitrogen and oxygen atoms in total. The first-order chi connectivity index (χ1) is 6.50. The summed E-state index contributed by atoms with van der Waals surface area (Å²) in [6, 6.07) is 0. The van der Waals surface area contributed by atoms with Gasteiger partial charge in [-0.2, -0.15) is 0 Å². The Balaban J connectivity index is 2.90. The number of rotatable bonds is 2. The van der Waals surface area contributed by atoms with Gasteiger partial charge in [-0.1, -0.05) is 0 Å². The molecule has 0 bridgehead atoms. The van der Waals surface area contributed by atoms with Gasteiger partial charge in [-0.05, 0) is 12.8 Å². The van der Waals surface area contributed by atoms with Crippen molar-refractivity contribution in [3.8, 4) is 0 Å². The fraction of sp³-hybridized carbons (Fsp3) is 0.778. The molecule has 1 N–H and O–H groups in total. The van der Waals surface area contributed by atoms with E-state index < -0.39 is 11.5 Å². The van der Waals surface area contributed by atoms with Crippen LogP contribution in [0, 0.1) is 0 Å². The third kappa shape index (κ3) is 1.72. The van der Waals surface area contributed by atoms with Gasteiger partial charge in [-0.25, -0.2) is 4.79 Å². The van der Waals surface area contributed by atoms with Crippen molar-refractivity contribution in [1.82, 2.24) is 4.90 Å². The van der Waals surface area contributed by atoms with Crippen molar-refractivity contribution in [2.24, 2.45) is 0 Å². The molecule has 1 aliphatic rings. The summed E-state index contributed by atoms with van der Waals surface area (Å²) < 4.78 is 5.14. The van der Waals surface area contributed by atoms with Crippen LogP contribution in [-0.2, 0) is 14.3 Å². The maximum atomic E-state index is 11.2. The topological polar surface area (TPSA) is 66.8 Å². The van der Waals surface area contributed by atoms with Gasteiger partial charge in [0.15, 0.2) is 5.54 Å². The predicted molar refractivity (Wildman–Crippen MR) is 48.9 cm³/mol. The Hall–Kier alpha value is -1.10. The summed E-state index contributed by atoms with van der Waals surface area (Å²) in [5, 5.41) is 9.13. The Morgan fingerprint density at radius 3 is 2.50 bits per heavy atom. The third-order valence-corrected chi connectivity index (χ3v) is 2.73. The molecule has 0 spiro atoms. The molecular formula is C9H15NO4. The monoisotopic (exact) mass is 201 g/mol. The molecule has 1 saturated heterocycles. The molecule has 0 radical (unpaired) electrons.